The summed E-state index contributed by atoms with van der Waals surface area (Å²) in [5.41, 5.74) is 0.608. The summed E-state index contributed by atoms with van der Waals surface area (Å²) in [5, 5.41) is -0.518. The second-order valence-corrected chi connectivity index (χ2v) is 6.38. The van der Waals surface area contributed by atoms with E-state index in [0.29, 0.717) is 17.1 Å². The molecule has 0 spiro atoms. The maximum Gasteiger partial charge on any atom is 0.325 e. The number of methoxy groups -OCH3 is 2. The van der Waals surface area contributed by atoms with Crippen molar-refractivity contribution in [2.24, 2.45) is 0 Å². The van der Waals surface area contributed by atoms with Crippen LogP contribution < -0.4 is 9.47 Å². The third kappa shape index (κ3) is 4.33. The van der Waals surface area contributed by atoms with Crippen molar-refractivity contribution in [3.05, 3.63) is 28.7 Å². The minimum absolute atomic E-state index is 0.0992. The molecule has 2 amide bonds. The van der Waals surface area contributed by atoms with Crippen molar-refractivity contribution >= 4 is 35.0 Å². The minimum Gasteiger partial charge on any atom is -0.493 e. The number of carbonyl (C=O) groups is 3. The van der Waals surface area contributed by atoms with E-state index in [9.17, 15) is 14.4 Å². The Labute approximate surface area is 149 Å². The molecule has 1 aromatic rings. The van der Waals surface area contributed by atoms with E-state index in [-0.39, 0.29) is 11.0 Å². The topological polar surface area (TPSA) is 82.1 Å². The molecule has 0 aromatic heterocycles. The van der Waals surface area contributed by atoms with Gasteiger partial charge in [-0.15, -0.1) is 0 Å². The van der Waals surface area contributed by atoms with E-state index in [2.05, 4.69) is 4.74 Å². The fraction of sp³-hybridized carbons (Fsp3) is 0.353. The SMILES string of the molecule is COC(=O)CN1C(=O)S/C(=C/c2cccc(OC)c2OC(C)C)C1=O. The Morgan fingerprint density at radius 3 is 2.60 bits per heavy atom. The van der Waals surface area contributed by atoms with Crippen LogP contribution in [0.4, 0.5) is 4.79 Å². The monoisotopic (exact) mass is 365 g/mol. The zero-order valence-electron chi connectivity index (χ0n) is 14.4. The van der Waals surface area contributed by atoms with Gasteiger partial charge in [-0.25, -0.2) is 0 Å². The molecule has 0 unspecified atom stereocenters. The van der Waals surface area contributed by atoms with E-state index in [0.717, 1.165) is 16.7 Å². The van der Waals surface area contributed by atoms with E-state index >= 15 is 0 Å². The molecule has 8 heteroatoms. The van der Waals surface area contributed by atoms with Crippen LogP contribution in [0.25, 0.3) is 6.08 Å². The maximum atomic E-state index is 12.4. The third-order valence-corrected chi connectivity index (χ3v) is 4.17. The van der Waals surface area contributed by atoms with Gasteiger partial charge in [0.2, 0.25) is 0 Å². The lowest BCUT2D eigenvalue weighted by Gasteiger charge is -2.16. The predicted molar refractivity (Wildman–Crippen MR) is 93.5 cm³/mol. The van der Waals surface area contributed by atoms with Crippen molar-refractivity contribution < 1.29 is 28.6 Å². The molecule has 7 nitrogen and oxygen atoms in total. The second-order valence-electron chi connectivity index (χ2n) is 5.39. The average Bonchev–Trinajstić information content (AvgIpc) is 2.83. The lowest BCUT2D eigenvalue weighted by atomic mass is 10.1. The molecular formula is C17H19NO6S. The molecular weight excluding hydrogens is 346 g/mol. The van der Waals surface area contributed by atoms with Crippen LogP contribution >= 0.6 is 11.8 Å². The van der Waals surface area contributed by atoms with Gasteiger partial charge in [0, 0.05) is 5.56 Å². The van der Waals surface area contributed by atoms with Gasteiger partial charge in [-0.2, -0.15) is 0 Å². The number of hydrogen-bond donors (Lipinski definition) is 0. The largest absolute Gasteiger partial charge is 0.493 e. The van der Waals surface area contributed by atoms with E-state index in [1.807, 2.05) is 13.8 Å². The van der Waals surface area contributed by atoms with Gasteiger partial charge < -0.3 is 14.2 Å². The summed E-state index contributed by atoms with van der Waals surface area (Å²) in [5.74, 6) is -0.191. The Morgan fingerprint density at radius 1 is 1.28 bits per heavy atom. The van der Waals surface area contributed by atoms with Crippen molar-refractivity contribution in [1.29, 1.82) is 0 Å². The molecule has 0 saturated carbocycles. The van der Waals surface area contributed by atoms with Crippen molar-refractivity contribution in [1.82, 2.24) is 4.90 Å². The molecule has 1 fully saturated rings. The number of ether oxygens (including phenoxy) is 3. The number of hydrogen-bond acceptors (Lipinski definition) is 7. The Kier molecular flexibility index (Phi) is 6.08. The third-order valence-electron chi connectivity index (χ3n) is 3.26. The fourth-order valence-electron chi connectivity index (χ4n) is 2.14. The Bertz CT molecular complexity index is 728. The molecule has 1 aliphatic rings. The average molecular weight is 365 g/mol. The molecule has 1 aliphatic heterocycles. The number of nitrogens with zero attached hydrogens (tertiary/aromatic N) is 1. The minimum atomic E-state index is -0.659. The molecule has 0 atom stereocenters. The molecule has 1 aromatic carbocycles. The number of imide groups is 1. The van der Waals surface area contributed by atoms with Gasteiger partial charge in [0.1, 0.15) is 6.54 Å². The van der Waals surface area contributed by atoms with E-state index in [1.165, 1.54) is 14.2 Å². The highest BCUT2D eigenvalue weighted by Crippen LogP contribution is 2.37. The number of para-hydroxylation sites is 1. The molecule has 0 aliphatic carbocycles. The number of carbonyl (C=O) groups excluding carboxylic acids is 3. The fourth-order valence-corrected chi connectivity index (χ4v) is 2.97. The van der Waals surface area contributed by atoms with E-state index in [1.54, 1.807) is 24.3 Å². The summed E-state index contributed by atoms with van der Waals surface area (Å²) in [6, 6.07) is 5.27. The van der Waals surface area contributed by atoms with Gasteiger partial charge in [-0.05, 0) is 37.8 Å². The van der Waals surface area contributed by atoms with Gasteiger partial charge in [-0.3, -0.25) is 19.3 Å². The summed E-state index contributed by atoms with van der Waals surface area (Å²) in [7, 11) is 2.72. The Morgan fingerprint density at radius 2 is 2.00 bits per heavy atom. The van der Waals surface area contributed by atoms with Crippen LogP contribution in [0.3, 0.4) is 0 Å². The van der Waals surface area contributed by atoms with Crippen LogP contribution in [0.5, 0.6) is 11.5 Å². The van der Waals surface area contributed by atoms with Gasteiger partial charge >= 0.3 is 5.97 Å². The number of thioether (sulfide) groups is 1. The van der Waals surface area contributed by atoms with Crippen molar-refractivity contribution in [2.75, 3.05) is 20.8 Å². The standard InChI is InChI=1S/C17H19NO6S/c1-10(2)24-15-11(6-5-7-12(15)22-3)8-13-16(20)18(17(21)25-13)9-14(19)23-4/h5-8,10H,9H2,1-4H3/b13-8+. The molecule has 0 bridgehead atoms. The molecule has 2 rings (SSSR count). The first-order chi connectivity index (χ1) is 11.9. The highest BCUT2D eigenvalue weighted by Gasteiger charge is 2.36. The van der Waals surface area contributed by atoms with E-state index < -0.39 is 23.7 Å². The molecule has 0 N–H and O–H groups in total. The first-order valence-corrected chi connectivity index (χ1v) is 8.34. The van der Waals surface area contributed by atoms with Gasteiger partial charge in [0.15, 0.2) is 11.5 Å². The predicted octanol–water partition coefficient (Wildman–Crippen LogP) is 2.69. The lowest BCUT2D eigenvalue weighted by molar-refractivity contribution is -0.143. The zero-order chi connectivity index (χ0) is 18.6. The summed E-state index contributed by atoms with van der Waals surface area (Å²) in [6.45, 7) is 3.34. The van der Waals surface area contributed by atoms with Gasteiger partial charge in [0.25, 0.3) is 11.1 Å². The normalized spacial score (nSPS) is 15.9. The molecule has 25 heavy (non-hydrogen) atoms. The number of benzene rings is 1. The number of esters is 1. The van der Waals surface area contributed by atoms with Gasteiger partial charge in [-0.1, -0.05) is 12.1 Å². The highest BCUT2D eigenvalue weighted by molar-refractivity contribution is 8.18. The first-order valence-electron chi connectivity index (χ1n) is 7.53. The van der Waals surface area contributed by atoms with Crippen LogP contribution in [0, 0.1) is 0 Å². The Hall–Kier alpha value is -2.48. The smallest absolute Gasteiger partial charge is 0.325 e. The van der Waals surface area contributed by atoms with Crippen molar-refractivity contribution in [3.8, 4) is 11.5 Å². The van der Waals surface area contributed by atoms with Crippen LogP contribution in [0.15, 0.2) is 23.1 Å². The summed E-state index contributed by atoms with van der Waals surface area (Å²) < 4.78 is 15.6. The number of rotatable bonds is 6. The van der Waals surface area contributed by atoms with E-state index in [4.69, 9.17) is 9.47 Å². The van der Waals surface area contributed by atoms with Gasteiger partial charge in [0.05, 0.1) is 25.2 Å². The van der Waals surface area contributed by atoms with Crippen LogP contribution in [-0.4, -0.2) is 48.9 Å². The first kappa shape index (κ1) is 18.9. The van der Waals surface area contributed by atoms with Crippen LogP contribution in [-0.2, 0) is 14.3 Å². The van der Waals surface area contributed by atoms with Crippen LogP contribution in [0.2, 0.25) is 0 Å². The Balaban J connectivity index is 2.36. The van der Waals surface area contributed by atoms with Crippen molar-refractivity contribution in [3.63, 3.8) is 0 Å². The number of amides is 2. The summed E-state index contributed by atoms with van der Waals surface area (Å²) in [6.07, 6.45) is 1.46. The highest BCUT2D eigenvalue weighted by atomic mass is 32.2. The van der Waals surface area contributed by atoms with Crippen molar-refractivity contribution in [2.45, 2.75) is 20.0 Å². The molecule has 1 heterocycles. The maximum absolute atomic E-state index is 12.4. The zero-order valence-corrected chi connectivity index (χ0v) is 15.2. The lowest BCUT2D eigenvalue weighted by Crippen LogP contribution is -2.34. The van der Waals surface area contributed by atoms with Crippen LogP contribution in [0.1, 0.15) is 19.4 Å². The molecule has 0 radical (unpaired) electrons. The molecule has 134 valence electrons. The summed E-state index contributed by atoms with van der Waals surface area (Å²) in [4.78, 5) is 36.8. The second kappa shape index (κ2) is 8.06. The quantitative estimate of drug-likeness (QED) is 0.566. The summed E-state index contributed by atoms with van der Waals surface area (Å²) >= 11 is 0.765. The molecule has 1 saturated heterocycles.